The monoisotopic (exact) mass is 772 g/mol. The van der Waals surface area contributed by atoms with Gasteiger partial charge < -0.3 is 44.6 Å². The lowest BCUT2D eigenvalue weighted by Crippen LogP contribution is -2.34. The Labute approximate surface area is 282 Å². The van der Waals surface area contributed by atoms with E-state index in [1.165, 1.54) is 19.2 Å². The summed E-state index contributed by atoms with van der Waals surface area (Å²) in [5.74, 6) is 5.56. The Bertz CT molecular complexity index is 1870. The fraction of sp³-hybridized carbons (Fsp3) is 0.520. The van der Waals surface area contributed by atoms with Gasteiger partial charge >= 0.3 is 29.2 Å². The number of aromatic amines is 1. The first-order valence-corrected chi connectivity index (χ1v) is 18.9. The van der Waals surface area contributed by atoms with E-state index in [9.17, 15) is 48.3 Å². The number of nitrogens with one attached hydrogen (secondary N) is 1. The number of phosphoric ester groups is 1. The Morgan fingerprint density at radius 3 is 2.48 bits per heavy atom. The second kappa shape index (κ2) is 17.4. The summed E-state index contributed by atoms with van der Waals surface area (Å²) in [7, 11) is -15.6. The van der Waals surface area contributed by atoms with Crippen LogP contribution in [0.2, 0.25) is 0 Å². The second-order valence-corrected chi connectivity index (χ2v) is 14.9. The van der Waals surface area contributed by atoms with Crippen LogP contribution in [0.1, 0.15) is 61.6 Å². The number of phosphoric acid groups is 3. The maximum Gasteiger partial charge on any atom is 0.490 e. The number of benzene rings is 1. The summed E-state index contributed by atoms with van der Waals surface area (Å²) in [6, 6.07) is 2.65. The molecule has 1 aliphatic rings. The molecule has 3 unspecified atom stereocenters. The zero-order valence-corrected chi connectivity index (χ0v) is 29.0. The zero-order chi connectivity index (χ0) is 37.4. The van der Waals surface area contributed by atoms with Gasteiger partial charge in [-0.2, -0.15) is 8.62 Å². The lowest BCUT2D eigenvalue weighted by molar-refractivity contribution is -0.386. The molecular weight excluding hydrogens is 737 g/mol. The second-order valence-electron chi connectivity index (χ2n) is 10.5. The molecule has 2 aromatic rings. The molecule has 1 aliphatic heterocycles. The Morgan fingerprint density at radius 1 is 1.18 bits per heavy atom. The van der Waals surface area contributed by atoms with Crippen molar-refractivity contribution in [2.45, 2.75) is 63.8 Å². The van der Waals surface area contributed by atoms with Crippen LogP contribution in [0.3, 0.4) is 0 Å². The van der Waals surface area contributed by atoms with Crippen molar-refractivity contribution in [2.24, 2.45) is 5.73 Å². The number of aromatic nitrogens is 2. The van der Waals surface area contributed by atoms with Gasteiger partial charge in [-0.25, -0.2) is 18.5 Å². The number of aliphatic hydroxyl groups is 1. The molecule has 0 radical (unpaired) electrons. The Kier molecular flexibility index (Phi) is 14.4. The lowest BCUT2D eigenvalue weighted by atomic mass is 9.99. The van der Waals surface area contributed by atoms with Gasteiger partial charge in [0.05, 0.1) is 60.7 Å². The smallest absolute Gasteiger partial charge is 0.490 e. The molecule has 0 bridgehead atoms. The van der Waals surface area contributed by atoms with E-state index in [2.05, 4.69) is 30.0 Å². The van der Waals surface area contributed by atoms with Crippen molar-refractivity contribution in [1.82, 2.24) is 9.55 Å². The van der Waals surface area contributed by atoms with E-state index in [1.54, 1.807) is 0 Å². The molecule has 6 atom stereocenters. The molecule has 0 aliphatic carbocycles. The highest BCUT2D eigenvalue weighted by Crippen LogP contribution is 2.66. The van der Waals surface area contributed by atoms with Gasteiger partial charge in [0.2, 0.25) is 0 Å². The Balaban J connectivity index is 1.82. The molecule has 2 heterocycles. The van der Waals surface area contributed by atoms with Crippen molar-refractivity contribution >= 4 is 29.2 Å². The minimum atomic E-state index is -5.79. The number of methoxy groups -OCH3 is 1. The average Bonchev–Trinajstić information content (AvgIpc) is 3.37. The van der Waals surface area contributed by atoms with Crippen molar-refractivity contribution in [3.8, 4) is 17.6 Å². The summed E-state index contributed by atoms with van der Waals surface area (Å²) in [6.45, 7) is 0.451. The lowest BCUT2D eigenvalue weighted by Gasteiger charge is -2.20. The normalized spacial score (nSPS) is 20.7. The van der Waals surface area contributed by atoms with Crippen LogP contribution in [0.15, 0.2) is 27.9 Å². The van der Waals surface area contributed by atoms with E-state index >= 15 is 0 Å². The molecule has 3 rings (SSSR count). The summed E-state index contributed by atoms with van der Waals surface area (Å²) in [5, 5.41) is 22.5. The number of aliphatic hydroxyl groups excluding tert-OH is 1. The maximum atomic E-state index is 12.7. The molecule has 1 saturated heterocycles. The number of hydrogen-bond acceptors (Lipinski definition) is 15. The number of nitro benzene ring substituents is 1. The number of nitro groups is 1. The predicted molar refractivity (Wildman–Crippen MR) is 168 cm³/mol. The fourth-order valence-corrected chi connectivity index (χ4v) is 7.70. The Hall–Kier alpha value is -3.09. The summed E-state index contributed by atoms with van der Waals surface area (Å²) in [4.78, 5) is 75.2. The first kappa shape index (κ1) is 41.3. The van der Waals surface area contributed by atoms with E-state index in [0.29, 0.717) is 19.3 Å². The van der Waals surface area contributed by atoms with Gasteiger partial charge in [0.15, 0.2) is 0 Å². The van der Waals surface area contributed by atoms with E-state index < -0.39 is 77.4 Å². The summed E-state index contributed by atoms with van der Waals surface area (Å²) in [6.07, 6.45) is -2.86. The number of ether oxygens (including phenoxy) is 3. The van der Waals surface area contributed by atoms with Crippen molar-refractivity contribution in [3.63, 3.8) is 0 Å². The van der Waals surface area contributed by atoms with E-state index in [4.69, 9.17) is 29.7 Å². The summed E-state index contributed by atoms with van der Waals surface area (Å²) >= 11 is 0. The highest BCUT2D eigenvalue weighted by atomic mass is 31.3. The van der Waals surface area contributed by atoms with Gasteiger partial charge in [-0.3, -0.25) is 29.0 Å². The molecule has 50 heavy (non-hydrogen) atoms. The number of nitrogens with zero attached hydrogens (tertiary/aromatic N) is 2. The third-order valence-corrected chi connectivity index (χ3v) is 10.7. The third-order valence-electron chi connectivity index (χ3n) is 6.85. The van der Waals surface area contributed by atoms with Gasteiger partial charge in [-0.15, -0.1) is 0 Å². The largest absolute Gasteiger partial charge is 0.495 e. The first-order chi connectivity index (χ1) is 23.3. The van der Waals surface area contributed by atoms with Gasteiger partial charge in [0.25, 0.3) is 11.2 Å². The molecule has 1 fully saturated rings. The van der Waals surface area contributed by atoms with Crippen LogP contribution in [-0.4, -0.2) is 71.6 Å². The maximum absolute atomic E-state index is 12.7. The topological polar surface area (TPSA) is 332 Å². The van der Waals surface area contributed by atoms with Crippen LogP contribution in [0.4, 0.5) is 5.69 Å². The third kappa shape index (κ3) is 11.7. The van der Waals surface area contributed by atoms with Gasteiger partial charge in [0.1, 0.15) is 18.1 Å². The molecule has 278 valence electrons. The van der Waals surface area contributed by atoms with Crippen molar-refractivity contribution in [1.29, 1.82) is 0 Å². The van der Waals surface area contributed by atoms with Crippen LogP contribution in [0.25, 0.3) is 0 Å². The van der Waals surface area contributed by atoms with E-state index in [0.717, 1.165) is 10.8 Å². The Morgan fingerprint density at radius 2 is 1.88 bits per heavy atom. The molecule has 0 spiro atoms. The number of rotatable bonds is 17. The number of unbranched alkanes of at least 4 members (excludes halogenated alkanes) is 1. The van der Waals surface area contributed by atoms with Crippen LogP contribution < -0.4 is 21.7 Å². The first-order valence-electron chi connectivity index (χ1n) is 14.4. The van der Waals surface area contributed by atoms with Crippen molar-refractivity contribution < 1.29 is 70.7 Å². The minimum absolute atomic E-state index is 0.00513. The fourth-order valence-electron chi connectivity index (χ4n) is 4.67. The number of hydrogen-bond donors (Lipinski definition) is 7. The minimum Gasteiger partial charge on any atom is -0.495 e. The van der Waals surface area contributed by atoms with E-state index in [1.807, 2.05) is 6.92 Å². The molecule has 0 saturated carbocycles. The number of H-pyrrole nitrogens is 1. The van der Waals surface area contributed by atoms with Crippen LogP contribution in [0.5, 0.6) is 5.75 Å². The predicted octanol–water partition coefficient (Wildman–Crippen LogP) is 1.20. The highest BCUT2D eigenvalue weighted by molar-refractivity contribution is 7.66. The molecule has 0 amide bonds. The molecule has 1 aromatic carbocycles. The van der Waals surface area contributed by atoms with Crippen LogP contribution >= 0.6 is 23.5 Å². The molecule has 1 aromatic heterocycles. The average molecular weight is 772 g/mol. The quantitative estimate of drug-likeness (QED) is 0.0514. The molecule has 22 nitrogen and oxygen atoms in total. The van der Waals surface area contributed by atoms with Gasteiger partial charge in [-0.1, -0.05) is 31.6 Å². The molecular formula is C25H35N4O18P3. The highest BCUT2D eigenvalue weighted by Gasteiger charge is 2.43. The number of nitrogens with two attached hydrogens (primary N) is 1. The molecule has 8 N–H and O–H groups in total. The van der Waals surface area contributed by atoms with Crippen molar-refractivity contribution in [2.75, 3.05) is 20.3 Å². The van der Waals surface area contributed by atoms with Gasteiger partial charge in [0, 0.05) is 18.7 Å². The van der Waals surface area contributed by atoms with Crippen LogP contribution in [-0.2, 0) is 42.9 Å². The van der Waals surface area contributed by atoms with Crippen molar-refractivity contribution in [3.05, 3.63) is 66.0 Å². The molecule has 25 heteroatoms. The summed E-state index contributed by atoms with van der Waals surface area (Å²) in [5.41, 5.74) is 3.52. The SMILES string of the molecule is CCCC[C@H](OCc1cn([C@H]2C[C@@H](O)C(COP(=O)(O)OP(=O)(O)OP(=O)(O)O)O2)c(=O)[nH]c1=O)c1cc(OC)c(C#CCN)cc1[N+](=O)[O-]. The standard InChI is InChI=1S/C25H35N4O18P3/c1-3-4-7-20(17-10-21(42-2)15(6-5-8-26)9-18(17)29(33)34)43-13-16-12-28(25(32)27-24(16)31)23-11-19(30)22(45-23)14-44-49(38,39)47-50(40,41)46-48(35,36)37/h9-10,12,19-20,22-23,30H,3-4,7-8,11,13-14,26H2,1-2H3,(H,38,39)(H,40,41)(H,27,31,32)(H2,35,36,37)/t19-,20+,22?,23-/m1/s1. The van der Waals surface area contributed by atoms with Crippen LogP contribution in [0, 0.1) is 22.0 Å². The summed E-state index contributed by atoms with van der Waals surface area (Å²) < 4.78 is 64.0. The van der Waals surface area contributed by atoms with Gasteiger partial charge in [-0.05, 0) is 12.5 Å². The van der Waals surface area contributed by atoms with E-state index in [-0.39, 0.29) is 41.1 Å². The zero-order valence-electron chi connectivity index (χ0n) is 26.3.